The molecule has 2 aromatic carbocycles. The molecule has 0 atom stereocenters. The second-order valence-electron chi connectivity index (χ2n) is 6.41. The molecule has 130 valence electrons. The largest absolute Gasteiger partial charge is 0.496 e. The monoisotopic (exact) mass is 338 g/mol. The van der Waals surface area contributed by atoms with Crippen LogP contribution in [-0.2, 0) is 6.54 Å². The van der Waals surface area contributed by atoms with Crippen molar-refractivity contribution >= 4 is 11.8 Å². The summed E-state index contributed by atoms with van der Waals surface area (Å²) in [5, 5.41) is 0. The first-order chi connectivity index (χ1) is 12.0. The van der Waals surface area contributed by atoms with Crippen LogP contribution in [0, 0.1) is 6.92 Å². The highest BCUT2D eigenvalue weighted by atomic mass is 16.5. The third-order valence-corrected chi connectivity index (χ3v) is 4.49. The normalized spacial score (nSPS) is 13.4. The van der Waals surface area contributed by atoms with Crippen molar-refractivity contribution in [3.8, 4) is 5.75 Å². The van der Waals surface area contributed by atoms with Crippen molar-refractivity contribution in [1.29, 1.82) is 0 Å². The molecule has 0 spiro atoms. The smallest absolute Gasteiger partial charge is 0.254 e. The van der Waals surface area contributed by atoms with Gasteiger partial charge in [0, 0.05) is 23.7 Å². The van der Waals surface area contributed by atoms with Crippen LogP contribution in [0.1, 0.15) is 44.7 Å². The second-order valence-corrected chi connectivity index (χ2v) is 6.41. The maximum atomic E-state index is 13.0. The van der Waals surface area contributed by atoms with E-state index < -0.39 is 5.91 Å². The molecule has 25 heavy (non-hydrogen) atoms. The Morgan fingerprint density at radius 3 is 2.32 bits per heavy atom. The van der Waals surface area contributed by atoms with Gasteiger partial charge >= 0.3 is 0 Å². The Balaban J connectivity index is 1.81. The Morgan fingerprint density at radius 2 is 1.76 bits per heavy atom. The van der Waals surface area contributed by atoms with Crippen molar-refractivity contribution < 1.29 is 14.3 Å². The molecular weight excluding hydrogens is 316 g/mol. The van der Waals surface area contributed by atoms with Gasteiger partial charge in [0.25, 0.3) is 5.91 Å². The first kappa shape index (κ1) is 17.0. The fourth-order valence-corrected chi connectivity index (χ4v) is 2.84. The molecule has 2 aromatic rings. The molecule has 0 saturated heterocycles. The van der Waals surface area contributed by atoms with Crippen LogP contribution < -0.4 is 10.5 Å². The van der Waals surface area contributed by atoms with Gasteiger partial charge in [0.05, 0.1) is 7.11 Å². The lowest BCUT2D eigenvalue weighted by molar-refractivity contribution is 0.0729. The van der Waals surface area contributed by atoms with Gasteiger partial charge in [-0.05, 0) is 55.2 Å². The lowest BCUT2D eigenvalue weighted by Gasteiger charge is -2.23. The average Bonchev–Trinajstić information content (AvgIpc) is 3.45. The lowest BCUT2D eigenvalue weighted by Crippen LogP contribution is -2.32. The van der Waals surface area contributed by atoms with E-state index in [-0.39, 0.29) is 11.9 Å². The van der Waals surface area contributed by atoms with E-state index >= 15 is 0 Å². The van der Waals surface area contributed by atoms with Crippen LogP contribution in [0.25, 0.3) is 0 Å². The second kappa shape index (κ2) is 6.97. The maximum absolute atomic E-state index is 13.0. The number of hydrogen-bond acceptors (Lipinski definition) is 3. The SMILES string of the molecule is COc1cc(C(=O)N(Cc2ccc(C(N)=O)cc2)C2CC2)ccc1C. The molecule has 1 saturated carbocycles. The molecule has 0 aromatic heterocycles. The van der Waals surface area contributed by atoms with Gasteiger partial charge in [-0.25, -0.2) is 0 Å². The van der Waals surface area contributed by atoms with Crippen LogP contribution in [0.5, 0.6) is 5.75 Å². The maximum Gasteiger partial charge on any atom is 0.254 e. The topological polar surface area (TPSA) is 72.6 Å². The first-order valence-electron chi connectivity index (χ1n) is 8.34. The standard InChI is InChI=1S/C20H22N2O3/c1-13-3-6-16(11-18(13)25-2)20(24)22(17-9-10-17)12-14-4-7-15(8-5-14)19(21)23/h3-8,11,17H,9-10,12H2,1-2H3,(H2,21,23). The minimum atomic E-state index is -0.451. The predicted molar refractivity (Wildman–Crippen MR) is 95.6 cm³/mol. The molecule has 1 fully saturated rings. The van der Waals surface area contributed by atoms with Crippen LogP contribution in [0.4, 0.5) is 0 Å². The summed E-state index contributed by atoms with van der Waals surface area (Å²) < 4.78 is 5.33. The highest BCUT2D eigenvalue weighted by Crippen LogP contribution is 2.31. The van der Waals surface area contributed by atoms with E-state index in [1.807, 2.05) is 36.1 Å². The average molecular weight is 338 g/mol. The minimum absolute atomic E-state index is 0.000206. The highest BCUT2D eigenvalue weighted by molar-refractivity contribution is 5.95. The van der Waals surface area contributed by atoms with Crippen LogP contribution in [0.2, 0.25) is 0 Å². The molecule has 0 unspecified atom stereocenters. The third-order valence-electron chi connectivity index (χ3n) is 4.49. The predicted octanol–water partition coefficient (Wildman–Crippen LogP) is 2.91. The van der Waals surface area contributed by atoms with Crippen LogP contribution in [0.3, 0.4) is 0 Å². The van der Waals surface area contributed by atoms with E-state index in [1.165, 1.54) is 0 Å². The molecule has 2 N–H and O–H groups in total. The van der Waals surface area contributed by atoms with E-state index in [4.69, 9.17) is 10.5 Å². The molecule has 2 amide bonds. The van der Waals surface area contributed by atoms with Gasteiger partial charge in [0.2, 0.25) is 5.91 Å². The van der Waals surface area contributed by atoms with E-state index in [1.54, 1.807) is 25.3 Å². The Bertz CT molecular complexity index is 795. The Hall–Kier alpha value is -2.82. The number of amides is 2. The third kappa shape index (κ3) is 3.82. The fourth-order valence-electron chi connectivity index (χ4n) is 2.84. The minimum Gasteiger partial charge on any atom is -0.496 e. The van der Waals surface area contributed by atoms with Crippen molar-refractivity contribution in [3.05, 3.63) is 64.7 Å². The summed E-state index contributed by atoms with van der Waals surface area (Å²) in [6.45, 7) is 2.46. The molecule has 3 rings (SSSR count). The molecular formula is C20H22N2O3. The number of carbonyl (C=O) groups excluding carboxylic acids is 2. The van der Waals surface area contributed by atoms with Crippen molar-refractivity contribution in [2.75, 3.05) is 7.11 Å². The van der Waals surface area contributed by atoms with Gasteiger partial charge < -0.3 is 15.4 Å². The lowest BCUT2D eigenvalue weighted by atomic mass is 10.1. The van der Waals surface area contributed by atoms with Crippen molar-refractivity contribution in [2.45, 2.75) is 32.4 Å². The van der Waals surface area contributed by atoms with Gasteiger partial charge in [-0.1, -0.05) is 18.2 Å². The number of nitrogens with two attached hydrogens (primary N) is 1. The molecule has 0 bridgehead atoms. The molecule has 5 nitrogen and oxygen atoms in total. The zero-order valence-electron chi connectivity index (χ0n) is 14.5. The molecule has 5 heteroatoms. The van der Waals surface area contributed by atoms with Crippen molar-refractivity contribution in [3.63, 3.8) is 0 Å². The van der Waals surface area contributed by atoms with Gasteiger partial charge in [-0.3, -0.25) is 9.59 Å². The quantitative estimate of drug-likeness (QED) is 0.880. The van der Waals surface area contributed by atoms with Gasteiger partial charge in [-0.2, -0.15) is 0 Å². The first-order valence-corrected chi connectivity index (χ1v) is 8.34. The van der Waals surface area contributed by atoms with Crippen molar-refractivity contribution in [2.24, 2.45) is 5.73 Å². The highest BCUT2D eigenvalue weighted by Gasteiger charge is 2.33. The van der Waals surface area contributed by atoms with Crippen molar-refractivity contribution in [1.82, 2.24) is 4.90 Å². The number of benzene rings is 2. The van der Waals surface area contributed by atoms with Crippen LogP contribution in [-0.4, -0.2) is 29.9 Å². The molecule has 0 aliphatic heterocycles. The van der Waals surface area contributed by atoms with Gasteiger partial charge in [0.1, 0.15) is 5.75 Å². The zero-order valence-corrected chi connectivity index (χ0v) is 14.5. The fraction of sp³-hybridized carbons (Fsp3) is 0.300. The van der Waals surface area contributed by atoms with Crippen LogP contribution >= 0.6 is 0 Å². The summed E-state index contributed by atoms with van der Waals surface area (Å²) in [4.78, 5) is 26.1. The summed E-state index contributed by atoms with van der Waals surface area (Å²) in [6.07, 6.45) is 2.04. The Labute approximate surface area is 147 Å². The van der Waals surface area contributed by atoms with E-state index in [0.29, 0.717) is 23.4 Å². The molecule has 0 radical (unpaired) electrons. The van der Waals surface area contributed by atoms with Crippen LogP contribution in [0.15, 0.2) is 42.5 Å². The molecule has 1 aliphatic rings. The number of primary amides is 1. The summed E-state index contributed by atoms with van der Waals surface area (Å²) in [6, 6.07) is 12.9. The number of methoxy groups -OCH3 is 1. The van der Waals surface area contributed by atoms with Gasteiger partial charge in [-0.15, -0.1) is 0 Å². The summed E-state index contributed by atoms with van der Waals surface area (Å²) in [5.41, 5.74) is 8.34. The summed E-state index contributed by atoms with van der Waals surface area (Å²) >= 11 is 0. The number of hydrogen-bond donors (Lipinski definition) is 1. The zero-order chi connectivity index (χ0) is 18.0. The number of carbonyl (C=O) groups is 2. The number of aryl methyl sites for hydroxylation is 1. The number of rotatable bonds is 6. The Morgan fingerprint density at radius 1 is 1.12 bits per heavy atom. The summed E-state index contributed by atoms with van der Waals surface area (Å²) in [5.74, 6) is 0.264. The van der Waals surface area contributed by atoms with E-state index in [0.717, 1.165) is 24.0 Å². The van der Waals surface area contributed by atoms with E-state index in [9.17, 15) is 9.59 Å². The molecule has 0 heterocycles. The number of ether oxygens (including phenoxy) is 1. The molecule has 1 aliphatic carbocycles. The number of nitrogens with zero attached hydrogens (tertiary/aromatic N) is 1. The van der Waals surface area contributed by atoms with Gasteiger partial charge in [0.15, 0.2) is 0 Å². The summed E-state index contributed by atoms with van der Waals surface area (Å²) in [7, 11) is 1.61. The Kier molecular flexibility index (Phi) is 4.74. The van der Waals surface area contributed by atoms with E-state index in [2.05, 4.69) is 0 Å².